The highest BCUT2D eigenvalue weighted by Crippen LogP contribution is 2.21. The minimum Gasteiger partial charge on any atom is -0.326 e. The summed E-state index contributed by atoms with van der Waals surface area (Å²) in [7, 11) is -3.47. The Morgan fingerprint density at radius 3 is 2.24 bits per heavy atom. The summed E-state index contributed by atoms with van der Waals surface area (Å²) in [5.41, 5.74) is 1.90. The van der Waals surface area contributed by atoms with Crippen LogP contribution in [0.25, 0.3) is 0 Å². The summed E-state index contributed by atoms with van der Waals surface area (Å²) < 4.78 is 25.3. The van der Waals surface area contributed by atoms with Crippen LogP contribution in [0.1, 0.15) is 38.2 Å². The van der Waals surface area contributed by atoms with Crippen LogP contribution in [0.5, 0.6) is 0 Å². The lowest BCUT2D eigenvalue weighted by Crippen LogP contribution is -2.17. The Bertz CT molecular complexity index is 815. The van der Waals surface area contributed by atoms with Crippen LogP contribution in [-0.4, -0.2) is 20.1 Å². The van der Waals surface area contributed by atoms with Gasteiger partial charge in [0, 0.05) is 16.6 Å². The summed E-state index contributed by atoms with van der Waals surface area (Å²) in [5.74, 6) is -0.0522. The summed E-state index contributed by atoms with van der Waals surface area (Å²) in [6.07, 6.45) is 0.977. The molecule has 2 rings (SSSR count). The normalized spacial score (nSPS) is 12.6. The molecule has 0 fully saturated rings. The summed E-state index contributed by atoms with van der Waals surface area (Å²) >= 11 is 3.27. The van der Waals surface area contributed by atoms with E-state index < -0.39 is 9.84 Å². The van der Waals surface area contributed by atoms with Crippen LogP contribution in [0.15, 0.2) is 57.9 Å². The van der Waals surface area contributed by atoms with Gasteiger partial charge < -0.3 is 5.32 Å². The summed E-state index contributed by atoms with van der Waals surface area (Å²) in [5, 5.41) is 2.75. The molecule has 25 heavy (non-hydrogen) atoms. The van der Waals surface area contributed by atoms with Crippen molar-refractivity contribution in [3.63, 3.8) is 0 Å². The first-order valence-electron chi connectivity index (χ1n) is 8.20. The smallest absolute Gasteiger partial charge is 0.225 e. The zero-order chi connectivity index (χ0) is 18.4. The average Bonchev–Trinajstić information content (AvgIpc) is 2.60. The van der Waals surface area contributed by atoms with Gasteiger partial charge in [-0.25, -0.2) is 8.42 Å². The van der Waals surface area contributed by atoms with Gasteiger partial charge in [0.15, 0.2) is 9.84 Å². The highest BCUT2D eigenvalue weighted by Gasteiger charge is 2.16. The standard InChI is InChI=1S/C19H22BrNO3S/c1-3-14(2)15-4-8-17(9-5-15)21-19(22)12-13-25(23,24)18-10-6-16(20)7-11-18/h4-11,14H,3,12-13H2,1-2H3,(H,21,22). The molecular formula is C19H22BrNO3S. The molecule has 2 aromatic rings. The quantitative estimate of drug-likeness (QED) is 0.697. The molecule has 0 aliphatic rings. The SMILES string of the molecule is CCC(C)c1ccc(NC(=O)CCS(=O)(=O)c2ccc(Br)cc2)cc1. The largest absolute Gasteiger partial charge is 0.326 e. The molecule has 0 aromatic heterocycles. The van der Waals surface area contributed by atoms with Crippen LogP contribution in [0.3, 0.4) is 0 Å². The third kappa shape index (κ3) is 5.68. The topological polar surface area (TPSA) is 63.2 Å². The monoisotopic (exact) mass is 423 g/mol. The number of anilines is 1. The van der Waals surface area contributed by atoms with Crippen molar-refractivity contribution in [2.45, 2.75) is 37.5 Å². The van der Waals surface area contributed by atoms with Crippen molar-refractivity contribution in [3.05, 3.63) is 58.6 Å². The van der Waals surface area contributed by atoms with Crippen molar-refractivity contribution in [2.75, 3.05) is 11.1 Å². The highest BCUT2D eigenvalue weighted by atomic mass is 79.9. The minimum atomic E-state index is -3.47. The van der Waals surface area contributed by atoms with Crippen LogP contribution in [0.2, 0.25) is 0 Å². The molecular weight excluding hydrogens is 402 g/mol. The van der Waals surface area contributed by atoms with Crippen molar-refractivity contribution in [2.24, 2.45) is 0 Å². The fourth-order valence-electron chi connectivity index (χ4n) is 2.34. The van der Waals surface area contributed by atoms with Crippen LogP contribution in [0.4, 0.5) is 5.69 Å². The fourth-order valence-corrected chi connectivity index (χ4v) is 3.85. The van der Waals surface area contributed by atoms with E-state index in [9.17, 15) is 13.2 Å². The van der Waals surface area contributed by atoms with E-state index in [4.69, 9.17) is 0 Å². The van der Waals surface area contributed by atoms with Gasteiger partial charge in [-0.1, -0.05) is 41.9 Å². The van der Waals surface area contributed by atoms with E-state index in [1.165, 1.54) is 17.7 Å². The summed E-state index contributed by atoms with van der Waals surface area (Å²) in [6, 6.07) is 14.1. The average molecular weight is 424 g/mol. The number of carbonyl (C=O) groups is 1. The van der Waals surface area contributed by atoms with Gasteiger partial charge in [-0.2, -0.15) is 0 Å². The number of sulfone groups is 1. The molecule has 1 N–H and O–H groups in total. The maximum atomic E-state index is 12.3. The molecule has 0 aliphatic heterocycles. The Balaban J connectivity index is 1.93. The molecule has 0 bridgehead atoms. The Hall–Kier alpha value is -1.66. The number of hydrogen-bond donors (Lipinski definition) is 1. The van der Waals surface area contributed by atoms with Gasteiger partial charge in [0.1, 0.15) is 0 Å². The van der Waals surface area contributed by atoms with Gasteiger partial charge in [-0.3, -0.25) is 4.79 Å². The van der Waals surface area contributed by atoms with Gasteiger partial charge >= 0.3 is 0 Å². The second-order valence-corrected chi connectivity index (χ2v) is 9.03. The Kier molecular flexibility index (Phi) is 6.79. The fraction of sp³-hybridized carbons (Fsp3) is 0.316. The van der Waals surface area contributed by atoms with Crippen molar-refractivity contribution in [1.82, 2.24) is 0 Å². The van der Waals surface area contributed by atoms with E-state index in [0.717, 1.165) is 10.9 Å². The van der Waals surface area contributed by atoms with Gasteiger partial charge in [0.05, 0.1) is 10.6 Å². The van der Waals surface area contributed by atoms with Gasteiger partial charge in [0.2, 0.25) is 5.91 Å². The Morgan fingerprint density at radius 2 is 1.68 bits per heavy atom. The molecule has 0 heterocycles. The lowest BCUT2D eigenvalue weighted by atomic mass is 9.99. The molecule has 0 spiro atoms. The molecule has 6 heteroatoms. The first kappa shape index (κ1) is 19.7. The molecule has 0 radical (unpaired) electrons. The number of benzene rings is 2. The summed E-state index contributed by atoms with van der Waals surface area (Å²) in [6.45, 7) is 4.28. The molecule has 2 aromatic carbocycles. The van der Waals surface area contributed by atoms with Crippen molar-refractivity contribution in [3.8, 4) is 0 Å². The van der Waals surface area contributed by atoms with E-state index in [1.807, 2.05) is 24.3 Å². The molecule has 134 valence electrons. The van der Waals surface area contributed by atoms with Gasteiger partial charge in [0.25, 0.3) is 0 Å². The molecule has 1 unspecified atom stereocenters. The van der Waals surface area contributed by atoms with E-state index in [1.54, 1.807) is 12.1 Å². The third-order valence-electron chi connectivity index (χ3n) is 4.15. The van der Waals surface area contributed by atoms with E-state index >= 15 is 0 Å². The number of rotatable bonds is 7. The molecule has 0 saturated heterocycles. The summed E-state index contributed by atoms with van der Waals surface area (Å²) in [4.78, 5) is 12.3. The Labute approximate surface area is 157 Å². The van der Waals surface area contributed by atoms with Crippen LogP contribution < -0.4 is 5.32 Å². The predicted molar refractivity (Wildman–Crippen MR) is 105 cm³/mol. The maximum absolute atomic E-state index is 12.3. The van der Waals surface area contributed by atoms with E-state index in [2.05, 4.69) is 35.1 Å². The van der Waals surface area contributed by atoms with E-state index in [-0.39, 0.29) is 23.0 Å². The van der Waals surface area contributed by atoms with Gasteiger partial charge in [-0.15, -0.1) is 0 Å². The number of halogens is 1. The molecule has 0 saturated carbocycles. The number of hydrogen-bond acceptors (Lipinski definition) is 3. The third-order valence-corrected chi connectivity index (χ3v) is 6.41. The lowest BCUT2D eigenvalue weighted by Gasteiger charge is -2.10. The molecule has 4 nitrogen and oxygen atoms in total. The first-order chi connectivity index (χ1) is 11.8. The second kappa shape index (κ2) is 8.63. The number of nitrogens with one attached hydrogen (secondary N) is 1. The minimum absolute atomic E-state index is 0.0779. The molecule has 1 amide bonds. The van der Waals surface area contributed by atoms with Crippen LogP contribution in [-0.2, 0) is 14.6 Å². The zero-order valence-corrected chi connectivity index (χ0v) is 16.7. The van der Waals surface area contributed by atoms with Crippen molar-refractivity contribution < 1.29 is 13.2 Å². The van der Waals surface area contributed by atoms with Gasteiger partial charge in [-0.05, 0) is 54.3 Å². The van der Waals surface area contributed by atoms with E-state index in [0.29, 0.717) is 11.6 Å². The Morgan fingerprint density at radius 1 is 1.08 bits per heavy atom. The molecule has 0 aliphatic carbocycles. The van der Waals surface area contributed by atoms with Crippen molar-refractivity contribution >= 4 is 37.4 Å². The number of amides is 1. The second-order valence-electron chi connectivity index (χ2n) is 6.00. The maximum Gasteiger partial charge on any atom is 0.225 e. The predicted octanol–water partition coefficient (Wildman–Crippen LogP) is 4.77. The first-order valence-corrected chi connectivity index (χ1v) is 10.6. The lowest BCUT2D eigenvalue weighted by molar-refractivity contribution is -0.115. The zero-order valence-electron chi connectivity index (χ0n) is 14.3. The van der Waals surface area contributed by atoms with Crippen LogP contribution in [0, 0.1) is 0 Å². The molecule has 1 atom stereocenters. The van der Waals surface area contributed by atoms with Crippen LogP contribution >= 0.6 is 15.9 Å². The highest BCUT2D eigenvalue weighted by molar-refractivity contribution is 9.10. The number of carbonyl (C=O) groups excluding carboxylic acids is 1. The van der Waals surface area contributed by atoms with Crippen molar-refractivity contribution in [1.29, 1.82) is 0 Å².